The van der Waals surface area contributed by atoms with Crippen LogP contribution in [0.4, 0.5) is 0 Å². The lowest BCUT2D eigenvalue weighted by molar-refractivity contribution is 0.174. The van der Waals surface area contributed by atoms with Crippen LogP contribution in [0.5, 0.6) is 0 Å². The van der Waals surface area contributed by atoms with Gasteiger partial charge in [0.2, 0.25) is 0 Å². The van der Waals surface area contributed by atoms with E-state index < -0.39 is 10.8 Å². The Morgan fingerprint density at radius 1 is 1.11 bits per heavy atom. The second-order valence-electron chi connectivity index (χ2n) is 6.83. The fourth-order valence-electron chi connectivity index (χ4n) is 2.85. The molecule has 0 spiro atoms. The Labute approximate surface area is 185 Å². The smallest absolute Gasteiger partial charge is 0.191 e. The Morgan fingerprint density at radius 2 is 1.74 bits per heavy atom. The van der Waals surface area contributed by atoms with Crippen LogP contribution in [0.15, 0.2) is 40.2 Å². The molecule has 1 atom stereocenters. The largest absolute Gasteiger partial charge is 0.357 e. The number of guanidine groups is 1. The summed E-state index contributed by atoms with van der Waals surface area (Å²) in [5, 5.41) is 6.54. The van der Waals surface area contributed by atoms with Crippen molar-refractivity contribution in [3.8, 4) is 0 Å². The molecule has 2 N–H and O–H groups in total. The highest BCUT2D eigenvalue weighted by atomic mass is 127. The molecule has 0 aliphatic heterocycles. The fourth-order valence-corrected chi connectivity index (χ4v) is 3.83. The Kier molecular flexibility index (Phi) is 14.9. The van der Waals surface area contributed by atoms with Crippen LogP contribution in [-0.2, 0) is 10.8 Å². The molecule has 0 aliphatic rings. The Balaban J connectivity index is 0.00000676. The molecule has 0 saturated heterocycles. The van der Waals surface area contributed by atoms with Crippen LogP contribution in [-0.4, -0.2) is 59.1 Å². The molecule has 0 amide bonds. The van der Waals surface area contributed by atoms with Crippen molar-refractivity contribution >= 4 is 40.7 Å². The maximum Gasteiger partial charge on any atom is 0.191 e. The van der Waals surface area contributed by atoms with Gasteiger partial charge in [0.1, 0.15) is 0 Å². The first kappa shape index (κ1) is 26.3. The SMILES string of the molecule is CCNC(=NCCCN(C(C)C)C(C)C)NCCS(=O)c1ccccc1.I. The van der Waals surface area contributed by atoms with Crippen molar-refractivity contribution in [2.75, 3.05) is 31.9 Å². The van der Waals surface area contributed by atoms with Gasteiger partial charge in [-0.1, -0.05) is 18.2 Å². The van der Waals surface area contributed by atoms with Crippen LogP contribution in [0, 0.1) is 0 Å². The number of halogens is 1. The summed E-state index contributed by atoms with van der Waals surface area (Å²) < 4.78 is 12.3. The third-order valence-electron chi connectivity index (χ3n) is 4.10. The van der Waals surface area contributed by atoms with E-state index >= 15 is 0 Å². The second-order valence-corrected chi connectivity index (χ2v) is 8.40. The van der Waals surface area contributed by atoms with Crippen LogP contribution in [0.25, 0.3) is 0 Å². The number of hydrogen-bond donors (Lipinski definition) is 2. The molecule has 1 rings (SSSR count). The lowest BCUT2D eigenvalue weighted by Crippen LogP contribution is -2.40. The summed E-state index contributed by atoms with van der Waals surface area (Å²) in [5.74, 6) is 1.38. The van der Waals surface area contributed by atoms with Crippen LogP contribution in [0.1, 0.15) is 41.0 Å². The molecule has 1 aromatic carbocycles. The highest BCUT2D eigenvalue weighted by molar-refractivity contribution is 14.0. The predicted molar refractivity (Wildman–Crippen MR) is 129 cm³/mol. The number of nitrogens with one attached hydrogen (secondary N) is 2. The number of benzene rings is 1. The first-order valence-electron chi connectivity index (χ1n) is 9.67. The molecule has 0 bridgehead atoms. The van der Waals surface area contributed by atoms with Crippen molar-refractivity contribution in [2.45, 2.75) is 58.0 Å². The molecule has 0 radical (unpaired) electrons. The maximum absolute atomic E-state index is 12.3. The zero-order valence-corrected chi connectivity index (χ0v) is 20.6. The van der Waals surface area contributed by atoms with Crippen LogP contribution < -0.4 is 10.6 Å². The summed E-state index contributed by atoms with van der Waals surface area (Å²) in [6, 6.07) is 10.7. The minimum absolute atomic E-state index is 0. The van der Waals surface area contributed by atoms with E-state index in [1.165, 1.54) is 0 Å². The molecule has 27 heavy (non-hydrogen) atoms. The van der Waals surface area contributed by atoms with Crippen LogP contribution in [0.3, 0.4) is 0 Å². The van der Waals surface area contributed by atoms with E-state index in [4.69, 9.17) is 0 Å². The topological polar surface area (TPSA) is 56.7 Å². The van der Waals surface area contributed by atoms with Crippen LogP contribution in [0.2, 0.25) is 0 Å². The van der Waals surface area contributed by atoms with Gasteiger partial charge >= 0.3 is 0 Å². The zero-order chi connectivity index (χ0) is 19.4. The summed E-state index contributed by atoms with van der Waals surface area (Å²) in [6.45, 7) is 14.3. The summed E-state index contributed by atoms with van der Waals surface area (Å²) in [4.78, 5) is 8.00. The number of nitrogens with zero attached hydrogens (tertiary/aromatic N) is 2. The van der Waals surface area contributed by atoms with Gasteiger partial charge in [0.25, 0.3) is 0 Å². The summed E-state index contributed by atoms with van der Waals surface area (Å²) in [7, 11) is -0.980. The van der Waals surface area contributed by atoms with Crippen molar-refractivity contribution in [3.05, 3.63) is 30.3 Å². The van der Waals surface area contributed by atoms with Gasteiger partial charge in [-0.2, -0.15) is 0 Å². The highest BCUT2D eigenvalue weighted by Gasteiger charge is 2.12. The van der Waals surface area contributed by atoms with E-state index in [-0.39, 0.29) is 24.0 Å². The minimum Gasteiger partial charge on any atom is -0.357 e. The molecule has 0 saturated carbocycles. The average molecular weight is 509 g/mol. The lowest BCUT2D eigenvalue weighted by atomic mass is 10.2. The molecule has 156 valence electrons. The van der Waals surface area contributed by atoms with E-state index in [2.05, 4.69) is 55.1 Å². The van der Waals surface area contributed by atoms with E-state index in [1.54, 1.807) is 0 Å². The monoisotopic (exact) mass is 508 g/mol. The molecule has 0 aliphatic carbocycles. The Bertz CT molecular complexity index is 544. The van der Waals surface area contributed by atoms with Gasteiger partial charge < -0.3 is 10.6 Å². The van der Waals surface area contributed by atoms with Gasteiger partial charge in [0.15, 0.2) is 5.96 Å². The molecule has 1 aromatic rings. The van der Waals surface area contributed by atoms with E-state index in [9.17, 15) is 4.21 Å². The molecular formula is C20H37IN4OS. The van der Waals surface area contributed by atoms with Crippen molar-refractivity contribution in [2.24, 2.45) is 4.99 Å². The van der Waals surface area contributed by atoms with E-state index in [1.807, 2.05) is 30.3 Å². The van der Waals surface area contributed by atoms with Crippen molar-refractivity contribution in [1.82, 2.24) is 15.5 Å². The third kappa shape index (κ3) is 11.0. The normalized spacial score (nSPS) is 13.0. The van der Waals surface area contributed by atoms with Gasteiger partial charge in [-0.15, -0.1) is 24.0 Å². The Morgan fingerprint density at radius 3 is 2.30 bits per heavy atom. The zero-order valence-electron chi connectivity index (χ0n) is 17.4. The molecule has 5 nitrogen and oxygen atoms in total. The number of rotatable bonds is 11. The highest BCUT2D eigenvalue weighted by Crippen LogP contribution is 2.06. The minimum atomic E-state index is -0.980. The van der Waals surface area contributed by atoms with Gasteiger partial charge in [0.05, 0.1) is 10.8 Å². The second kappa shape index (κ2) is 15.3. The molecule has 0 aromatic heterocycles. The van der Waals surface area contributed by atoms with Gasteiger partial charge in [-0.05, 0) is 53.2 Å². The van der Waals surface area contributed by atoms with Gasteiger partial charge in [0, 0.05) is 48.9 Å². The van der Waals surface area contributed by atoms with Crippen molar-refractivity contribution in [1.29, 1.82) is 0 Å². The molecule has 0 heterocycles. The number of hydrogen-bond acceptors (Lipinski definition) is 3. The predicted octanol–water partition coefficient (Wildman–Crippen LogP) is 3.48. The molecule has 1 unspecified atom stereocenters. The van der Waals surface area contributed by atoms with Crippen molar-refractivity contribution in [3.63, 3.8) is 0 Å². The fraction of sp³-hybridized carbons (Fsp3) is 0.650. The number of aliphatic imine (C=N–C) groups is 1. The van der Waals surface area contributed by atoms with Gasteiger partial charge in [-0.25, -0.2) is 0 Å². The quantitative estimate of drug-likeness (QED) is 0.208. The van der Waals surface area contributed by atoms with E-state index in [0.717, 1.165) is 36.9 Å². The maximum atomic E-state index is 12.3. The summed E-state index contributed by atoms with van der Waals surface area (Å²) in [5.41, 5.74) is 0. The summed E-state index contributed by atoms with van der Waals surface area (Å²) in [6.07, 6.45) is 1.03. The Hall–Kier alpha value is -0.670. The van der Waals surface area contributed by atoms with Crippen LogP contribution >= 0.6 is 24.0 Å². The van der Waals surface area contributed by atoms with Crippen molar-refractivity contribution < 1.29 is 4.21 Å². The standard InChI is InChI=1S/C20H36N4OS.HI/c1-6-21-20(22-13-10-15-24(17(2)3)18(4)5)23-14-16-26(25)19-11-8-7-9-12-19;/h7-9,11-12,17-18H,6,10,13-16H2,1-5H3,(H2,21,22,23);1H. The molecular weight excluding hydrogens is 471 g/mol. The van der Waals surface area contributed by atoms with E-state index in [0.29, 0.717) is 24.4 Å². The molecule has 7 heteroatoms. The van der Waals surface area contributed by atoms with Gasteiger partial charge in [-0.3, -0.25) is 14.1 Å². The molecule has 0 fully saturated rings. The average Bonchev–Trinajstić information content (AvgIpc) is 2.61. The first-order valence-corrected chi connectivity index (χ1v) is 11.0. The third-order valence-corrected chi connectivity index (χ3v) is 5.47. The first-order chi connectivity index (χ1) is 12.5. The lowest BCUT2D eigenvalue weighted by Gasteiger charge is -2.30. The summed E-state index contributed by atoms with van der Waals surface area (Å²) >= 11 is 0.